The molecule has 1 heterocycles. The largest absolute Gasteiger partial charge is 0.481 e. The molecular weight excluding hydrogens is 397 g/mol. The van der Waals surface area contributed by atoms with Crippen molar-refractivity contribution in [2.24, 2.45) is 5.92 Å². The molecule has 5 nitrogen and oxygen atoms in total. The van der Waals surface area contributed by atoms with Crippen molar-refractivity contribution in [3.8, 4) is 0 Å². The summed E-state index contributed by atoms with van der Waals surface area (Å²) in [7, 11) is 0. The monoisotopic (exact) mass is 418 g/mol. The molecule has 2 aromatic carbocycles. The molecule has 0 saturated heterocycles. The van der Waals surface area contributed by atoms with E-state index in [0.717, 1.165) is 23.4 Å². The lowest BCUT2D eigenvalue weighted by molar-refractivity contribution is -0.138. The predicted octanol–water partition coefficient (Wildman–Crippen LogP) is 3.95. The van der Waals surface area contributed by atoms with E-state index in [1.54, 1.807) is 12.1 Å². The molecule has 0 bridgehead atoms. The van der Waals surface area contributed by atoms with Gasteiger partial charge in [-0.1, -0.05) is 18.7 Å². The molecule has 1 atom stereocenters. The molecule has 3 rings (SSSR count). The summed E-state index contributed by atoms with van der Waals surface area (Å²) in [6.45, 7) is 4.22. The zero-order valence-electron chi connectivity index (χ0n) is 16.1. The summed E-state index contributed by atoms with van der Waals surface area (Å²) in [5.41, 5.74) is 2.06. The summed E-state index contributed by atoms with van der Waals surface area (Å²) in [6.07, 6.45) is -2.87. The fourth-order valence-electron chi connectivity index (χ4n) is 3.68. The maximum absolute atomic E-state index is 12.9. The number of benzene rings is 2. The van der Waals surface area contributed by atoms with E-state index in [4.69, 9.17) is 0 Å². The molecule has 0 radical (unpaired) electrons. The number of amides is 1. The lowest BCUT2D eigenvalue weighted by Gasteiger charge is -2.37. The highest BCUT2D eigenvalue weighted by Crippen LogP contribution is 2.38. The summed E-state index contributed by atoms with van der Waals surface area (Å²) in [5.74, 6) is -1.34. The Bertz CT molecular complexity index is 955. The van der Waals surface area contributed by atoms with Crippen LogP contribution in [0.3, 0.4) is 0 Å². The Morgan fingerprint density at radius 3 is 2.50 bits per heavy atom. The second kappa shape index (κ2) is 8.61. The summed E-state index contributed by atoms with van der Waals surface area (Å²) in [5, 5.41) is 12.0. The first-order valence-corrected chi connectivity index (χ1v) is 9.36. The van der Waals surface area contributed by atoms with Crippen LogP contribution in [0, 0.1) is 5.92 Å². The minimum atomic E-state index is -4.43. The molecule has 1 aliphatic heterocycles. The summed E-state index contributed by atoms with van der Waals surface area (Å²) < 4.78 is 38.8. The Kier molecular flexibility index (Phi) is 6.14. The average Bonchev–Trinajstić information content (AvgIpc) is 2.71. The highest BCUT2D eigenvalue weighted by molar-refractivity contribution is 5.86. The number of hydrogen-bond donors (Lipinski definition) is 2. The van der Waals surface area contributed by atoms with Crippen molar-refractivity contribution < 1.29 is 27.9 Å². The van der Waals surface area contributed by atoms with Crippen LogP contribution in [0.15, 0.2) is 55.1 Å². The molecule has 2 aromatic rings. The number of carbonyl (C=O) groups excluding carboxylic acids is 1. The van der Waals surface area contributed by atoms with Gasteiger partial charge in [0.1, 0.15) is 0 Å². The van der Waals surface area contributed by atoms with Gasteiger partial charge in [-0.25, -0.2) is 0 Å². The molecule has 30 heavy (non-hydrogen) atoms. The minimum Gasteiger partial charge on any atom is -0.481 e. The maximum Gasteiger partial charge on any atom is 0.416 e. The zero-order valence-corrected chi connectivity index (χ0v) is 16.1. The number of carboxylic acids is 1. The molecule has 0 fully saturated rings. The topological polar surface area (TPSA) is 69.6 Å². The number of nitrogens with one attached hydrogen (secondary N) is 1. The van der Waals surface area contributed by atoms with Crippen LogP contribution < -0.4 is 10.2 Å². The van der Waals surface area contributed by atoms with Crippen LogP contribution in [0.25, 0.3) is 0 Å². The third-order valence-corrected chi connectivity index (χ3v) is 5.07. The number of aliphatic carboxylic acids is 1. The highest BCUT2D eigenvalue weighted by atomic mass is 19.4. The van der Waals surface area contributed by atoms with Crippen LogP contribution in [0.2, 0.25) is 0 Å². The predicted molar refractivity (Wildman–Crippen MR) is 107 cm³/mol. The SMILES string of the molecule is C=CC(=O)NC[C@@H]1Cc2c(CC(=O)O)cccc2N(c2ccc(C(F)(F)F)cc2)C1. The van der Waals surface area contributed by atoms with Crippen LogP contribution in [-0.4, -0.2) is 30.1 Å². The summed E-state index contributed by atoms with van der Waals surface area (Å²) in [6, 6.07) is 10.2. The van der Waals surface area contributed by atoms with E-state index in [-0.39, 0.29) is 18.2 Å². The van der Waals surface area contributed by atoms with Gasteiger partial charge >= 0.3 is 12.1 Å². The molecule has 158 valence electrons. The summed E-state index contributed by atoms with van der Waals surface area (Å²) in [4.78, 5) is 24.7. The van der Waals surface area contributed by atoms with Gasteiger partial charge < -0.3 is 15.3 Å². The standard InChI is InChI=1S/C22H21F3N2O3/c1-2-20(28)26-12-14-10-18-15(11-21(29)30)4-3-5-19(18)27(13-14)17-8-6-16(7-9-17)22(23,24)25/h2-9,14H,1,10-13H2,(H,26,28)(H,29,30)/t14-/m0/s1. The highest BCUT2D eigenvalue weighted by Gasteiger charge is 2.31. The van der Waals surface area contributed by atoms with Crippen molar-refractivity contribution >= 4 is 23.3 Å². The number of rotatable bonds is 6. The Morgan fingerprint density at radius 1 is 1.20 bits per heavy atom. The van der Waals surface area contributed by atoms with Crippen LogP contribution in [0.5, 0.6) is 0 Å². The van der Waals surface area contributed by atoms with Crippen molar-refractivity contribution in [3.05, 3.63) is 71.8 Å². The lowest BCUT2D eigenvalue weighted by Crippen LogP contribution is -2.39. The molecule has 1 amide bonds. The van der Waals surface area contributed by atoms with Gasteiger partial charge in [-0.3, -0.25) is 9.59 Å². The van der Waals surface area contributed by atoms with Gasteiger partial charge in [0.25, 0.3) is 0 Å². The van der Waals surface area contributed by atoms with Gasteiger partial charge in [-0.05, 0) is 59.9 Å². The second-order valence-corrected chi connectivity index (χ2v) is 7.16. The number of anilines is 2. The van der Waals surface area contributed by atoms with Crippen molar-refractivity contribution in [1.29, 1.82) is 0 Å². The first kappa shape index (κ1) is 21.4. The molecule has 0 spiro atoms. The number of halogens is 3. The van der Waals surface area contributed by atoms with E-state index in [1.165, 1.54) is 18.2 Å². The maximum atomic E-state index is 12.9. The number of nitrogens with zero attached hydrogens (tertiary/aromatic N) is 1. The first-order valence-electron chi connectivity index (χ1n) is 9.36. The van der Waals surface area contributed by atoms with Crippen molar-refractivity contribution in [2.45, 2.75) is 19.0 Å². The van der Waals surface area contributed by atoms with E-state index in [2.05, 4.69) is 11.9 Å². The quantitative estimate of drug-likeness (QED) is 0.698. The Labute approximate surface area is 171 Å². The van der Waals surface area contributed by atoms with Crippen molar-refractivity contribution in [3.63, 3.8) is 0 Å². The van der Waals surface area contributed by atoms with E-state index in [1.807, 2.05) is 11.0 Å². The normalized spacial score (nSPS) is 16.0. The molecule has 0 aromatic heterocycles. The van der Waals surface area contributed by atoms with Gasteiger partial charge in [-0.15, -0.1) is 0 Å². The third kappa shape index (κ3) is 4.82. The summed E-state index contributed by atoms with van der Waals surface area (Å²) >= 11 is 0. The van der Waals surface area contributed by atoms with Gasteiger partial charge in [0.15, 0.2) is 0 Å². The van der Waals surface area contributed by atoms with Gasteiger partial charge in [0, 0.05) is 24.5 Å². The van der Waals surface area contributed by atoms with Gasteiger partial charge in [-0.2, -0.15) is 13.2 Å². The molecule has 0 saturated carbocycles. The fraction of sp³-hybridized carbons (Fsp3) is 0.273. The van der Waals surface area contributed by atoms with Crippen molar-refractivity contribution in [2.75, 3.05) is 18.0 Å². The van der Waals surface area contributed by atoms with E-state index in [0.29, 0.717) is 30.8 Å². The average molecular weight is 418 g/mol. The van der Waals surface area contributed by atoms with Crippen molar-refractivity contribution in [1.82, 2.24) is 5.32 Å². The third-order valence-electron chi connectivity index (χ3n) is 5.07. The molecule has 8 heteroatoms. The molecule has 2 N–H and O–H groups in total. The van der Waals surface area contributed by atoms with Gasteiger partial charge in [0.05, 0.1) is 12.0 Å². The minimum absolute atomic E-state index is 0.0568. The van der Waals surface area contributed by atoms with E-state index in [9.17, 15) is 27.9 Å². The Balaban J connectivity index is 1.98. The molecule has 0 aliphatic carbocycles. The first-order chi connectivity index (χ1) is 14.2. The van der Waals surface area contributed by atoms with Crippen LogP contribution >= 0.6 is 0 Å². The fourth-order valence-corrected chi connectivity index (χ4v) is 3.68. The van der Waals surface area contributed by atoms with Gasteiger partial charge in [0.2, 0.25) is 5.91 Å². The number of carbonyl (C=O) groups is 2. The van der Waals surface area contributed by atoms with Crippen LogP contribution in [0.1, 0.15) is 16.7 Å². The van der Waals surface area contributed by atoms with Crippen LogP contribution in [-0.2, 0) is 28.6 Å². The zero-order chi connectivity index (χ0) is 21.9. The molecule has 0 unspecified atom stereocenters. The second-order valence-electron chi connectivity index (χ2n) is 7.16. The number of hydrogen-bond acceptors (Lipinski definition) is 3. The molecular formula is C22H21F3N2O3. The Hall–Kier alpha value is -3.29. The lowest BCUT2D eigenvalue weighted by atomic mass is 9.87. The number of fused-ring (bicyclic) bond motifs is 1. The number of alkyl halides is 3. The Morgan fingerprint density at radius 2 is 1.90 bits per heavy atom. The number of carboxylic acid groups (broad SMARTS) is 1. The van der Waals surface area contributed by atoms with Crippen LogP contribution in [0.4, 0.5) is 24.5 Å². The van der Waals surface area contributed by atoms with E-state index >= 15 is 0 Å². The van der Waals surface area contributed by atoms with E-state index < -0.39 is 17.7 Å². The smallest absolute Gasteiger partial charge is 0.416 e. The molecule has 1 aliphatic rings.